The van der Waals surface area contributed by atoms with Gasteiger partial charge in [0.2, 0.25) is 0 Å². The first-order valence-electron chi connectivity index (χ1n) is 12.3. The minimum Gasteiger partial charge on any atom is -0.0622 e. The van der Waals surface area contributed by atoms with Crippen molar-refractivity contribution in [2.45, 2.75) is 0 Å². The van der Waals surface area contributed by atoms with E-state index in [1.54, 1.807) is 0 Å². The van der Waals surface area contributed by atoms with Crippen LogP contribution in [0, 0.1) is 0 Å². The van der Waals surface area contributed by atoms with Crippen LogP contribution >= 0.6 is 0 Å². The number of hydrogen-bond acceptors (Lipinski definition) is 0. The average molecular weight is 461 g/mol. The Bertz CT molecular complexity index is 1330. The van der Waals surface area contributed by atoms with E-state index in [1.165, 1.54) is 44.5 Å². The molecule has 6 rings (SSSR count). The van der Waals surface area contributed by atoms with E-state index in [0.29, 0.717) is 0 Å². The molecule has 0 saturated heterocycles. The third-order valence-corrected chi connectivity index (χ3v) is 6.20. The Morgan fingerprint density at radius 3 is 0.444 bits per heavy atom. The van der Waals surface area contributed by atoms with Crippen LogP contribution in [0.4, 0.5) is 0 Å². The van der Waals surface area contributed by atoms with Crippen molar-refractivity contribution in [3.05, 3.63) is 170 Å². The van der Waals surface area contributed by atoms with Crippen molar-refractivity contribution < 1.29 is 0 Å². The quantitative estimate of drug-likeness (QED) is 0.245. The van der Waals surface area contributed by atoms with Crippen molar-refractivity contribution >= 4 is 0 Å². The van der Waals surface area contributed by atoms with E-state index >= 15 is 0 Å². The first-order valence-corrected chi connectivity index (χ1v) is 12.3. The van der Waals surface area contributed by atoms with Gasteiger partial charge in [0.15, 0.2) is 0 Å². The smallest absolute Gasteiger partial charge is 0.0184 e. The molecule has 6 aromatic rings. The number of benzene rings is 6. The van der Waals surface area contributed by atoms with Gasteiger partial charge in [-0.05, 0) is 44.5 Å². The second kappa shape index (κ2) is 11.6. The molecule has 0 aliphatic carbocycles. The van der Waals surface area contributed by atoms with Gasteiger partial charge < -0.3 is 0 Å². The predicted molar refractivity (Wildman–Crippen MR) is 155 cm³/mol. The molecular weight excluding hydrogens is 432 g/mol. The molecule has 172 valence electrons. The molecule has 0 radical (unpaired) electrons. The molecule has 0 amide bonds. The van der Waals surface area contributed by atoms with E-state index in [4.69, 9.17) is 0 Å². The van der Waals surface area contributed by atoms with Gasteiger partial charge in [-0.25, -0.2) is 0 Å². The summed E-state index contributed by atoms with van der Waals surface area (Å²) < 4.78 is 0. The van der Waals surface area contributed by atoms with Crippen LogP contribution in [0.15, 0.2) is 170 Å². The molecule has 0 heterocycles. The number of rotatable bonds is 4. The van der Waals surface area contributed by atoms with Gasteiger partial charge in [-0.15, -0.1) is 0 Å². The Balaban J connectivity index is 0.000000186. The lowest BCUT2D eigenvalue weighted by Gasteiger charge is -2.07. The minimum absolute atomic E-state index is 1.24. The van der Waals surface area contributed by atoms with Crippen LogP contribution in [-0.4, -0.2) is 0 Å². The van der Waals surface area contributed by atoms with Gasteiger partial charge in [0.25, 0.3) is 0 Å². The minimum atomic E-state index is 1.24. The van der Waals surface area contributed by atoms with Crippen LogP contribution < -0.4 is 0 Å². The third kappa shape index (κ3) is 5.87. The molecule has 0 atom stereocenters. The van der Waals surface area contributed by atoms with Crippen LogP contribution in [0.3, 0.4) is 0 Å². The van der Waals surface area contributed by atoms with Gasteiger partial charge in [-0.3, -0.25) is 0 Å². The lowest BCUT2D eigenvalue weighted by atomic mass is 9.98. The lowest BCUT2D eigenvalue weighted by Crippen LogP contribution is -1.81. The molecule has 0 spiro atoms. The molecule has 0 saturated carbocycles. The Labute approximate surface area is 214 Å². The molecule has 0 N–H and O–H groups in total. The highest BCUT2D eigenvalue weighted by Gasteiger charge is 2.02. The van der Waals surface area contributed by atoms with E-state index in [1.807, 2.05) is 24.3 Å². The van der Waals surface area contributed by atoms with E-state index in [2.05, 4.69) is 146 Å². The van der Waals surface area contributed by atoms with Crippen molar-refractivity contribution in [3.8, 4) is 44.5 Å². The fourth-order valence-electron chi connectivity index (χ4n) is 4.23. The first-order chi connectivity index (χ1) is 17.9. The molecule has 0 bridgehead atoms. The molecule has 0 aliphatic rings. The summed E-state index contributed by atoms with van der Waals surface area (Å²) in [6.07, 6.45) is 0. The zero-order chi connectivity index (χ0) is 24.4. The van der Waals surface area contributed by atoms with E-state index in [9.17, 15) is 0 Å². The normalized spacial score (nSPS) is 10.2. The van der Waals surface area contributed by atoms with Gasteiger partial charge in [0.1, 0.15) is 0 Å². The standard InChI is InChI=1S/C24H18.C12H10/c1-3-7-19(8-4-1)21-11-15-23(16-12-21)24-17-13-22(14-18-24)20-9-5-2-6-10-20;1-3-7-11(8-4-1)12-9-5-2-6-10-12/h1-18H;1-10H. The highest BCUT2D eigenvalue weighted by molar-refractivity contribution is 5.73. The first kappa shape index (κ1) is 23.1. The fraction of sp³-hybridized carbons (Fsp3) is 0. The molecule has 0 nitrogen and oxygen atoms in total. The van der Waals surface area contributed by atoms with E-state index in [-0.39, 0.29) is 0 Å². The predicted octanol–water partition coefficient (Wildman–Crippen LogP) is 10.0. The Kier molecular flexibility index (Phi) is 7.46. The summed E-state index contributed by atoms with van der Waals surface area (Å²) in [5.74, 6) is 0. The summed E-state index contributed by atoms with van der Waals surface area (Å²) >= 11 is 0. The van der Waals surface area contributed by atoms with Crippen molar-refractivity contribution in [3.63, 3.8) is 0 Å². The Morgan fingerprint density at radius 1 is 0.139 bits per heavy atom. The van der Waals surface area contributed by atoms with Crippen molar-refractivity contribution in [1.82, 2.24) is 0 Å². The summed E-state index contributed by atoms with van der Waals surface area (Å²) in [5.41, 5.74) is 10.0. The van der Waals surface area contributed by atoms with Crippen LogP contribution in [0.25, 0.3) is 44.5 Å². The topological polar surface area (TPSA) is 0 Å². The average Bonchev–Trinajstić information content (AvgIpc) is 2.99. The van der Waals surface area contributed by atoms with Crippen LogP contribution in [0.5, 0.6) is 0 Å². The van der Waals surface area contributed by atoms with Gasteiger partial charge in [-0.2, -0.15) is 0 Å². The molecule has 36 heavy (non-hydrogen) atoms. The molecular formula is C36H28. The van der Waals surface area contributed by atoms with Crippen molar-refractivity contribution in [2.75, 3.05) is 0 Å². The maximum Gasteiger partial charge on any atom is -0.0184 e. The summed E-state index contributed by atoms with van der Waals surface area (Å²) in [4.78, 5) is 0. The zero-order valence-electron chi connectivity index (χ0n) is 20.2. The maximum absolute atomic E-state index is 2.19. The molecule has 0 unspecified atom stereocenters. The molecule has 0 aliphatic heterocycles. The molecule has 0 fully saturated rings. The zero-order valence-corrected chi connectivity index (χ0v) is 20.2. The van der Waals surface area contributed by atoms with Crippen molar-refractivity contribution in [2.24, 2.45) is 0 Å². The second-order valence-electron chi connectivity index (χ2n) is 8.62. The summed E-state index contributed by atoms with van der Waals surface area (Å²) in [7, 11) is 0. The van der Waals surface area contributed by atoms with Gasteiger partial charge >= 0.3 is 0 Å². The highest BCUT2D eigenvalue weighted by atomic mass is 14.1. The Morgan fingerprint density at radius 2 is 0.278 bits per heavy atom. The Hall–Kier alpha value is -4.68. The monoisotopic (exact) mass is 460 g/mol. The summed E-state index contributed by atoms with van der Waals surface area (Å²) in [6.45, 7) is 0. The molecule has 0 aromatic heterocycles. The molecule has 0 heteroatoms. The summed E-state index contributed by atoms with van der Waals surface area (Å²) in [6, 6.07) is 59.3. The third-order valence-electron chi connectivity index (χ3n) is 6.20. The van der Waals surface area contributed by atoms with Gasteiger partial charge in [0.05, 0.1) is 0 Å². The van der Waals surface area contributed by atoms with Crippen molar-refractivity contribution in [1.29, 1.82) is 0 Å². The van der Waals surface area contributed by atoms with Crippen LogP contribution in [0.1, 0.15) is 0 Å². The van der Waals surface area contributed by atoms with Crippen LogP contribution in [0.2, 0.25) is 0 Å². The van der Waals surface area contributed by atoms with Crippen LogP contribution in [-0.2, 0) is 0 Å². The van der Waals surface area contributed by atoms with Gasteiger partial charge in [0, 0.05) is 0 Å². The lowest BCUT2D eigenvalue weighted by molar-refractivity contribution is 1.58. The fourth-order valence-corrected chi connectivity index (χ4v) is 4.23. The second-order valence-corrected chi connectivity index (χ2v) is 8.62. The molecule has 6 aromatic carbocycles. The highest BCUT2D eigenvalue weighted by Crippen LogP contribution is 2.27. The van der Waals surface area contributed by atoms with E-state index < -0.39 is 0 Å². The van der Waals surface area contributed by atoms with E-state index in [0.717, 1.165) is 0 Å². The summed E-state index contributed by atoms with van der Waals surface area (Å²) in [5, 5.41) is 0. The largest absolute Gasteiger partial charge is 0.0622 e. The maximum atomic E-state index is 2.19. The van der Waals surface area contributed by atoms with Gasteiger partial charge in [-0.1, -0.05) is 170 Å². The SMILES string of the molecule is c1ccc(-c2ccc(-c3ccc(-c4ccccc4)cc3)cc2)cc1.c1ccc(-c2ccccc2)cc1. The number of hydrogen-bond donors (Lipinski definition) is 0.